The number of ether oxygens (including phenoxy) is 2. The Labute approximate surface area is 136 Å². The summed E-state index contributed by atoms with van der Waals surface area (Å²) in [5.74, 6) is -0.661. The third kappa shape index (κ3) is 5.02. The van der Waals surface area contributed by atoms with Crippen LogP contribution >= 0.6 is 0 Å². The van der Waals surface area contributed by atoms with Crippen LogP contribution in [0.15, 0.2) is 30.9 Å². The summed E-state index contributed by atoms with van der Waals surface area (Å²) in [5, 5.41) is 11.6. The molecule has 0 spiro atoms. The van der Waals surface area contributed by atoms with Gasteiger partial charge in [0, 0.05) is 0 Å². The van der Waals surface area contributed by atoms with Crippen LogP contribution in [-0.2, 0) is 16.0 Å². The van der Waals surface area contributed by atoms with E-state index in [1.165, 1.54) is 14.0 Å². The van der Waals surface area contributed by atoms with E-state index in [9.17, 15) is 9.59 Å². The first-order valence-electron chi connectivity index (χ1n) is 7.31. The topological polar surface area (TPSA) is 84.9 Å². The van der Waals surface area contributed by atoms with Gasteiger partial charge >= 0.3 is 5.97 Å². The van der Waals surface area contributed by atoms with Crippen LogP contribution in [0.1, 0.15) is 25.8 Å². The molecule has 6 nitrogen and oxygen atoms in total. The third-order valence-corrected chi connectivity index (χ3v) is 3.56. The van der Waals surface area contributed by atoms with Crippen molar-refractivity contribution < 1.29 is 24.2 Å². The zero-order chi connectivity index (χ0) is 17.5. The molecule has 1 amide bonds. The fourth-order valence-corrected chi connectivity index (χ4v) is 1.91. The van der Waals surface area contributed by atoms with E-state index >= 15 is 0 Å². The highest BCUT2D eigenvalue weighted by molar-refractivity contribution is 5.87. The molecule has 0 fully saturated rings. The molecule has 0 aliphatic heterocycles. The number of nitrogens with one attached hydrogen (secondary N) is 1. The normalized spacial score (nSPS) is 12.8. The van der Waals surface area contributed by atoms with Crippen molar-refractivity contribution in [1.82, 2.24) is 5.32 Å². The van der Waals surface area contributed by atoms with Gasteiger partial charge in [0.2, 0.25) is 0 Å². The van der Waals surface area contributed by atoms with E-state index in [2.05, 4.69) is 11.9 Å². The number of carboxylic acids is 1. The molecule has 0 heterocycles. The maximum atomic E-state index is 11.9. The van der Waals surface area contributed by atoms with Crippen molar-refractivity contribution in [1.29, 1.82) is 0 Å². The fraction of sp³-hybridized carbons (Fsp3) is 0.412. The van der Waals surface area contributed by atoms with Crippen LogP contribution < -0.4 is 14.8 Å². The smallest absolute Gasteiger partial charge is 0.329 e. The fourth-order valence-electron chi connectivity index (χ4n) is 1.91. The zero-order valence-electron chi connectivity index (χ0n) is 13.7. The van der Waals surface area contributed by atoms with Gasteiger partial charge in [-0.3, -0.25) is 4.79 Å². The maximum absolute atomic E-state index is 11.9. The minimum Gasteiger partial charge on any atom is -0.493 e. The Morgan fingerprint density at radius 3 is 2.61 bits per heavy atom. The molecule has 23 heavy (non-hydrogen) atoms. The lowest BCUT2D eigenvalue weighted by atomic mass is 9.99. The average Bonchev–Trinajstić information content (AvgIpc) is 2.53. The van der Waals surface area contributed by atoms with Crippen molar-refractivity contribution in [2.24, 2.45) is 0 Å². The number of methoxy groups -OCH3 is 1. The van der Waals surface area contributed by atoms with Crippen LogP contribution in [0.4, 0.5) is 0 Å². The molecule has 126 valence electrons. The van der Waals surface area contributed by atoms with Crippen molar-refractivity contribution in [3.63, 3.8) is 0 Å². The Kier molecular flexibility index (Phi) is 6.63. The Morgan fingerprint density at radius 2 is 2.09 bits per heavy atom. The quantitative estimate of drug-likeness (QED) is 0.681. The Balaban J connectivity index is 2.72. The lowest BCUT2D eigenvalue weighted by molar-refractivity contribution is -0.147. The summed E-state index contributed by atoms with van der Waals surface area (Å²) in [6, 6.07) is 5.37. The van der Waals surface area contributed by atoms with E-state index in [-0.39, 0.29) is 13.0 Å². The Hall–Kier alpha value is -2.50. The molecule has 1 unspecified atom stereocenters. The minimum atomic E-state index is -1.31. The van der Waals surface area contributed by atoms with E-state index in [4.69, 9.17) is 14.6 Å². The van der Waals surface area contributed by atoms with Gasteiger partial charge in [0.25, 0.3) is 5.91 Å². The highest BCUT2D eigenvalue weighted by Gasteiger charge is 2.32. The van der Waals surface area contributed by atoms with Gasteiger partial charge in [0.15, 0.2) is 18.1 Å². The molecule has 0 saturated heterocycles. The summed E-state index contributed by atoms with van der Waals surface area (Å²) in [4.78, 5) is 23.1. The number of hydrogen-bond acceptors (Lipinski definition) is 4. The Bertz CT molecular complexity index is 584. The molecular weight excluding hydrogens is 298 g/mol. The predicted molar refractivity (Wildman–Crippen MR) is 86.9 cm³/mol. The molecule has 1 aromatic carbocycles. The number of benzene rings is 1. The standard InChI is InChI=1S/C17H23NO5/c1-5-7-12-8-9-13(14(10-12)22-4)23-11-15(19)18-17(3,6-2)16(20)21/h5,8-10H,1,6-7,11H2,2-4H3,(H,18,19)(H,20,21). The number of hydrogen-bond donors (Lipinski definition) is 2. The predicted octanol–water partition coefficient (Wildman–Crippen LogP) is 2.17. The summed E-state index contributed by atoms with van der Waals surface area (Å²) in [5.41, 5.74) is -0.295. The molecule has 0 aliphatic rings. The number of carbonyl (C=O) groups excluding carboxylic acids is 1. The SMILES string of the molecule is C=CCc1ccc(OCC(=O)NC(C)(CC)C(=O)O)c(OC)c1. The molecular formula is C17H23NO5. The Morgan fingerprint density at radius 1 is 1.39 bits per heavy atom. The lowest BCUT2D eigenvalue weighted by Gasteiger charge is -2.24. The van der Waals surface area contributed by atoms with E-state index in [1.807, 2.05) is 12.1 Å². The molecule has 2 N–H and O–H groups in total. The van der Waals surface area contributed by atoms with Gasteiger partial charge in [0.05, 0.1) is 7.11 Å². The minimum absolute atomic E-state index is 0.271. The second kappa shape index (κ2) is 8.22. The summed E-state index contributed by atoms with van der Waals surface area (Å²) in [6.45, 7) is 6.53. The average molecular weight is 321 g/mol. The first kappa shape index (κ1) is 18.5. The molecule has 0 saturated carbocycles. The molecule has 0 radical (unpaired) electrons. The molecule has 1 rings (SSSR count). The van der Waals surface area contributed by atoms with Crippen LogP contribution in [0.5, 0.6) is 11.5 Å². The third-order valence-electron chi connectivity index (χ3n) is 3.56. The van der Waals surface area contributed by atoms with Gasteiger partial charge in [0.1, 0.15) is 5.54 Å². The van der Waals surface area contributed by atoms with Gasteiger partial charge in [-0.2, -0.15) is 0 Å². The van der Waals surface area contributed by atoms with Gasteiger partial charge in [-0.25, -0.2) is 4.79 Å². The highest BCUT2D eigenvalue weighted by atomic mass is 16.5. The summed E-state index contributed by atoms with van der Waals surface area (Å²) in [6.07, 6.45) is 2.75. The number of carboxylic acid groups (broad SMARTS) is 1. The van der Waals surface area contributed by atoms with Crippen molar-refractivity contribution in [2.75, 3.05) is 13.7 Å². The van der Waals surface area contributed by atoms with Gasteiger partial charge < -0.3 is 19.9 Å². The van der Waals surface area contributed by atoms with Crippen LogP contribution in [0.3, 0.4) is 0 Å². The number of allylic oxidation sites excluding steroid dienone is 1. The zero-order valence-corrected chi connectivity index (χ0v) is 13.7. The van der Waals surface area contributed by atoms with Crippen molar-refractivity contribution in [2.45, 2.75) is 32.2 Å². The van der Waals surface area contributed by atoms with E-state index in [0.29, 0.717) is 17.9 Å². The van der Waals surface area contributed by atoms with Crippen molar-refractivity contribution in [3.05, 3.63) is 36.4 Å². The summed E-state index contributed by atoms with van der Waals surface area (Å²) < 4.78 is 10.7. The van der Waals surface area contributed by atoms with Gasteiger partial charge in [-0.1, -0.05) is 19.1 Å². The molecule has 1 aromatic rings. The molecule has 6 heteroatoms. The van der Waals surface area contributed by atoms with Crippen LogP contribution in [0.25, 0.3) is 0 Å². The van der Waals surface area contributed by atoms with Crippen LogP contribution in [0, 0.1) is 0 Å². The summed E-state index contributed by atoms with van der Waals surface area (Å²) >= 11 is 0. The van der Waals surface area contributed by atoms with E-state index < -0.39 is 17.4 Å². The summed E-state index contributed by atoms with van der Waals surface area (Å²) in [7, 11) is 1.51. The van der Waals surface area contributed by atoms with Crippen LogP contribution in [-0.4, -0.2) is 36.2 Å². The first-order valence-corrected chi connectivity index (χ1v) is 7.31. The van der Waals surface area contributed by atoms with Gasteiger partial charge in [-0.15, -0.1) is 6.58 Å². The number of rotatable bonds is 9. The van der Waals surface area contributed by atoms with Gasteiger partial charge in [-0.05, 0) is 37.5 Å². The van der Waals surface area contributed by atoms with E-state index in [1.54, 1.807) is 19.1 Å². The second-order valence-corrected chi connectivity index (χ2v) is 5.31. The maximum Gasteiger partial charge on any atom is 0.329 e. The highest BCUT2D eigenvalue weighted by Crippen LogP contribution is 2.28. The monoisotopic (exact) mass is 321 g/mol. The van der Waals surface area contributed by atoms with Crippen molar-refractivity contribution in [3.8, 4) is 11.5 Å². The largest absolute Gasteiger partial charge is 0.493 e. The number of amides is 1. The molecule has 0 bridgehead atoms. The molecule has 1 atom stereocenters. The lowest BCUT2D eigenvalue weighted by Crippen LogP contribution is -2.53. The number of carbonyl (C=O) groups is 2. The van der Waals surface area contributed by atoms with E-state index in [0.717, 1.165) is 5.56 Å². The molecule has 0 aliphatic carbocycles. The molecule has 0 aromatic heterocycles. The number of aliphatic carboxylic acids is 1. The first-order chi connectivity index (χ1) is 10.9. The van der Waals surface area contributed by atoms with Crippen molar-refractivity contribution >= 4 is 11.9 Å². The second-order valence-electron chi connectivity index (χ2n) is 5.31. The van der Waals surface area contributed by atoms with Crippen LogP contribution in [0.2, 0.25) is 0 Å².